The highest BCUT2D eigenvalue weighted by Gasteiger charge is 2.17. The molecule has 5 heteroatoms. The third kappa shape index (κ3) is 2.36. The van der Waals surface area contributed by atoms with Gasteiger partial charge >= 0.3 is 0 Å². The molecule has 1 atom stereocenters. The number of nitrogens with zero attached hydrogens (tertiary/aromatic N) is 2. The number of aliphatic hydroxyl groups is 1. The first-order chi connectivity index (χ1) is 7.10. The van der Waals surface area contributed by atoms with E-state index in [0.29, 0.717) is 11.3 Å². The van der Waals surface area contributed by atoms with Crippen molar-refractivity contribution >= 4 is 5.91 Å². The van der Waals surface area contributed by atoms with Gasteiger partial charge in [-0.2, -0.15) is 5.26 Å². The molecule has 0 saturated heterocycles. The molecular weight excluding hydrogens is 194 g/mol. The van der Waals surface area contributed by atoms with E-state index in [9.17, 15) is 4.79 Å². The van der Waals surface area contributed by atoms with Crippen LogP contribution in [0.3, 0.4) is 0 Å². The lowest BCUT2D eigenvalue weighted by atomic mass is 10.2. The summed E-state index contributed by atoms with van der Waals surface area (Å²) < 4.78 is 0. The molecule has 1 amide bonds. The van der Waals surface area contributed by atoms with Crippen molar-refractivity contribution in [2.75, 3.05) is 13.7 Å². The van der Waals surface area contributed by atoms with Crippen molar-refractivity contribution < 1.29 is 9.90 Å². The van der Waals surface area contributed by atoms with E-state index in [0.717, 1.165) is 0 Å². The van der Waals surface area contributed by atoms with Gasteiger partial charge in [0.05, 0.1) is 18.2 Å². The standard InChI is InChI=1S/C10H13N3O2/c1-7(6-14)13(2)10(15)8-3-9(4-11)12-5-8/h3,5,7,12,14H,6H2,1-2H3. The molecule has 0 aliphatic rings. The zero-order chi connectivity index (χ0) is 11.4. The number of amides is 1. The number of rotatable bonds is 3. The Kier molecular flexibility index (Phi) is 3.47. The number of carbonyl (C=O) groups is 1. The maximum atomic E-state index is 11.8. The maximum absolute atomic E-state index is 11.8. The van der Waals surface area contributed by atoms with Crippen molar-refractivity contribution in [1.82, 2.24) is 9.88 Å². The molecule has 1 rings (SSSR count). The number of aliphatic hydroxyl groups excluding tert-OH is 1. The summed E-state index contributed by atoms with van der Waals surface area (Å²) in [5.41, 5.74) is 0.776. The molecule has 80 valence electrons. The molecular formula is C10H13N3O2. The van der Waals surface area contributed by atoms with E-state index in [2.05, 4.69) is 4.98 Å². The van der Waals surface area contributed by atoms with E-state index in [4.69, 9.17) is 10.4 Å². The summed E-state index contributed by atoms with van der Waals surface area (Å²) >= 11 is 0. The third-order valence-corrected chi connectivity index (χ3v) is 2.30. The zero-order valence-electron chi connectivity index (χ0n) is 8.69. The fourth-order valence-corrected chi connectivity index (χ4v) is 1.11. The van der Waals surface area contributed by atoms with Crippen molar-refractivity contribution in [3.05, 3.63) is 23.5 Å². The maximum Gasteiger partial charge on any atom is 0.255 e. The Bertz CT molecular complexity index is 392. The summed E-state index contributed by atoms with van der Waals surface area (Å²) in [7, 11) is 1.61. The minimum Gasteiger partial charge on any atom is -0.394 e. The fourth-order valence-electron chi connectivity index (χ4n) is 1.11. The monoisotopic (exact) mass is 207 g/mol. The van der Waals surface area contributed by atoms with Crippen LogP contribution in [-0.2, 0) is 0 Å². The van der Waals surface area contributed by atoms with E-state index in [-0.39, 0.29) is 18.6 Å². The van der Waals surface area contributed by atoms with E-state index in [1.165, 1.54) is 17.2 Å². The molecule has 1 aromatic heterocycles. The van der Waals surface area contributed by atoms with E-state index >= 15 is 0 Å². The number of nitriles is 1. The summed E-state index contributed by atoms with van der Waals surface area (Å²) in [5.74, 6) is -0.214. The predicted molar refractivity (Wildman–Crippen MR) is 54.1 cm³/mol. The number of likely N-dealkylation sites (N-methyl/N-ethyl adjacent to an activating group) is 1. The lowest BCUT2D eigenvalue weighted by molar-refractivity contribution is 0.0682. The zero-order valence-corrected chi connectivity index (χ0v) is 8.69. The van der Waals surface area contributed by atoms with Gasteiger partial charge in [0.25, 0.3) is 5.91 Å². The molecule has 1 heterocycles. The second-order valence-corrected chi connectivity index (χ2v) is 3.36. The van der Waals surface area contributed by atoms with Gasteiger partial charge in [-0.1, -0.05) is 0 Å². The van der Waals surface area contributed by atoms with Gasteiger partial charge in [-0.3, -0.25) is 4.79 Å². The predicted octanol–water partition coefficient (Wildman–Crippen LogP) is 0.339. The van der Waals surface area contributed by atoms with E-state index in [1.54, 1.807) is 14.0 Å². The molecule has 0 aromatic carbocycles. The molecule has 0 aliphatic heterocycles. The minimum absolute atomic E-state index is 0.0855. The molecule has 1 aromatic rings. The van der Waals surface area contributed by atoms with Crippen molar-refractivity contribution in [3.8, 4) is 6.07 Å². The Hall–Kier alpha value is -1.80. The fraction of sp³-hybridized carbons (Fsp3) is 0.400. The second kappa shape index (κ2) is 4.62. The van der Waals surface area contributed by atoms with Gasteiger partial charge in [0.15, 0.2) is 0 Å². The Morgan fingerprint density at radius 1 is 1.80 bits per heavy atom. The topological polar surface area (TPSA) is 80.1 Å². The largest absolute Gasteiger partial charge is 0.394 e. The molecule has 1 unspecified atom stereocenters. The number of H-pyrrole nitrogens is 1. The van der Waals surface area contributed by atoms with Gasteiger partial charge in [-0.25, -0.2) is 0 Å². The molecule has 0 fully saturated rings. The van der Waals surface area contributed by atoms with Crippen LogP contribution in [-0.4, -0.2) is 40.6 Å². The first-order valence-electron chi connectivity index (χ1n) is 4.56. The van der Waals surface area contributed by atoms with Gasteiger partial charge < -0.3 is 15.0 Å². The molecule has 5 nitrogen and oxygen atoms in total. The molecule has 0 bridgehead atoms. The SMILES string of the molecule is CC(CO)N(C)C(=O)c1c[nH]c(C#N)c1. The van der Waals surface area contributed by atoms with Crippen LogP contribution in [0, 0.1) is 11.3 Å². The lowest BCUT2D eigenvalue weighted by Gasteiger charge is -2.22. The molecule has 0 radical (unpaired) electrons. The van der Waals surface area contributed by atoms with Crippen LogP contribution < -0.4 is 0 Å². The van der Waals surface area contributed by atoms with Crippen molar-refractivity contribution in [3.63, 3.8) is 0 Å². The van der Waals surface area contributed by atoms with Crippen molar-refractivity contribution in [2.24, 2.45) is 0 Å². The Labute approximate surface area is 87.9 Å². The minimum atomic E-state index is -0.238. The smallest absolute Gasteiger partial charge is 0.255 e. The first kappa shape index (κ1) is 11.3. The first-order valence-corrected chi connectivity index (χ1v) is 4.56. The number of hydrogen-bond acceptors (Lipinski definition) is 3. The quantitative estimate of drug-likeness (QED) is 0.750. The number of hydrogen-bond donors (Lipinski definition) is 2. The Morgan fingerprint density at radius 2 is 2.47 bits per heavy atom. The number of carbonyl (C=O) groups excluding carboxylic acids is 1. The van der Waals surface area contributed by atoms with Gasteiger partial charge in [0.1, 0.15) is 11.8 Å². The highest BCUT2D eigenvalue weighted by atomic mass is 16.3. The van der Waals surface area contributed by atoms with Gasteiger partial charge in [-0.15, -0.1) is 0 Å². The number of aromatic nitrogens is 1. The van der Waals surface area contributed by atoms with Gasteiger partial charge in [0, 0.05) is 13.2 Å². The summed E-state index contributed by atoms with van der Waals surface area (Å²) in [6, 6.07) is 3.16. The normalized spacial score (nSPS) is 11.9. The van der Waals surface area contributed by atoms with E-state index in [1.807, 2.05) is 6.07 Å². The van der Waals surface area contributed by atoms with Crippen LogP contribution in [0.2, 0.25) is 0 Å². The van der Waals surface area contributed by atoms with Gasteiger partial charge in [0.2, 0.25) is 0 Å². The van der Waals surface area contributed by atoms with Crippen LogP contribution >= 0.6 is 0 Å². The lowest BCUT2D eigenvalue weighted by Crippen LogP contribution is -2.37. The van der Waals surface area contributed by atoms with E-state index < -0.39 is 0 Å². The molecule has 15 heavy (non-hydrogen) atoms. The van der Waals surface area contributed by atoms with Crippen molar-refractivity contribution in [1.29, 1.82) is 5.26 Å². The van der Waals surface area contributed by atoms with Crippen molar-refractivity contribution in [2.45, 2.75) is 13.0 Å². The number of nitrogens with one attached hydrogen (secondary N) is 1. The highest BCUT2D eigenvalue weighted by molar-refractivity contribution is 5.94. The number of aromatic amines is 1. The third-order valence-electron chi connectivity index (χ3n) is 2.30. The molecule has 0 spiro atoms. The van der Waals surface area contributed by atoms with Crippen LogP contribution in [0.5, 0.6) is 0 Å². The second-order valence-electron chi connectivity index (χ2n) is 3.36. The molecule has 2 N–H and O–H groups in total. The van der Waals surface area contributed by atoms with Crippen LogP contribution in [0.25, 0.3) is 0 Å². The van der Waals surface area contributed by atoms with Crippen LogP contribution in [0.1, 0.15) is 23.0 Å². The highest BCUT2D eigenvalue weighted by Crippen LogP contribution is 2.07. The van der Waals surface area contributed by atoms with Crippen LogP contribution in [0.15, 0.2) is 12.3 Å². The van der Waals surface area contributed by atoms with Crippen LogP contribution in [0.4, 0.5) is 0 Å². The summed E-state index contributed by atoms with van der Waals surface area (Å²) in [6.45, 7) is 1.66. The summed E-state index contributed by atoms with van der Waals surface area (Å²) in [4.78, 5) is 15.9. The summed E-state index contributed by atoms with van der Waals surface area (Å²) in [6.07, 6.45) is 1.49. The Morgan fingerprint density at radius 3 is 2.93 bits per heavy atom. The average Bonchev–Trinajstić information content (AvgIpc) is 2.74. The molecule has 0 aliphatic carbocycles. The molecule has 0 saturated carbocycles. The average molecular weight is 207 g/mol. The Balaban J connectivity index is 2.81. The summed E-state index contributed by atoms with van der Waals surface area (Å²) in [5, 5.41) is 17.5. The van der Waals surface area contributed by atoms with Gasteiger partial charge in [-0.05, 0) is 13.0 Å².